The number of amides is 1. The Morgan fingerprint density at radius 3 is 2.67 bits per heavy atom. The van der Waals surface area contributed by atoms with Gasteiger partial charge in [0.15, 0.2) is 0 Å². The van der Waals surface area contributed by atoms with Crippen molar-refractivity contribution in [2.75, 3.05) is 6.54 Å². The number of rotatable bonds is 7. The Balaban J connectivity index is 1.80. The van der Waals surface area contributed by atoms with Crippen molar-refractivity contribution < 1.29 is 19.6 Å². The SMILES string of the molecule is O=C(CCc1cccc([N+](=O)[O-])c1)NCC1(C(=O)O)CC1. The number of hydrogen-bond donors (Lipinski definition) is 2. The third-order valence-electron chi connectivity index (χ3n) is 3.69. The molecule has 1 saturated carbocycles. The summed E-state index contributed by atoms with van der Waals surface area (Å²) in [6.07, 6.45) is 1.74. The first kappa shape index (κ1) is 15.0. The molecule has 0 spiro atoms. The van der Waals surface area contributed by atoms with Gasteiger partial charge < -0.3 is 10.4 Å². The van der Waals surface area contributed by atoms with Gasteiger partial charge in [0.1, 0.15) is 0 Å². The number of aryl methyl sites for hydroxylation is 1. The second-order valence-electron chi connectivity index (χ2n) is 5.29. The molecule has 112 valence electrons. The van der Waals surface area contributed by atoms with E-state index in [9.17, 15) is 19.7 Å². The van der Waals surface area contributed by atoms with Gasteiger partial charge in [-0.05, 0) is 24.8 Å². The van der Waals surface area contributed by atoms with Crippen molar-refractivity contribution >= 4 is 17.6 Å². The van der Waals surface area contributed by atoms with Crippen LogP contribution in [0.25, 0.3) is 0 Å². The smallest absolute Gasteiger partial charge is 0.311 e. The van der Waals surface area contributed by atoms with Gasteiger partial charge in [-0.25, -0.2) is 0 Å². The number of hydrogen-bond acceptors (Lipinski definition) is 4. The lowest BCUT2D eigenvalue weighted by molar-refractivity contribution is -0.384. The molecule has 2 N–H and O–H groups in total. The molecule has 0 radical (unpaired) electrons. The molecule has 1 aromatic carbocycles. The van der Waals surface area contributed by atoms with Crippen molar-refractivity contribution in [2.45, 2.75) is 25.7 Å². The molecule has 1 aliphatic rings. The Kier molecular flexibility index (Phi) is 4.21. The van der Waals surface area contributed by atoms with Crippen LogP contribution in [0.4, 0.5) is 5.69 Å². The number of nitro groups is 1. The Morgan fingerprint density at radius 1 is 1.38 bits per heavy atom. The molecular formula is C14H16N2O5. The predicted molar refractivity (Wildman–Crippen MR) is 73.7 cm³/mol. The summed E-state index contributed by atoms with van der Waals surface area (Å²) in [7, 11) is 0. The number of nitrogens with one attached hydrogen (secondary N) is 1. The summed E-state index contributed by atoms with van der Waals surface area (Å²) in [5.74, 6) is -1.12. The molecule has 0 atom stereocenters. The molecule has 0 heterocycles. The highest BCUT2D eigenvalue weighted by Gasteiger charge is 2.50. The average molecular weight is 292 g/mol. The van der Waals surface area contributed by atoms with Crippen molar-refractivity contribution in [1.29, 1.82) is 0 Å². The number of benzene rings is 1. The zero-order valence-corrected chi connectivity index (χ0v) is 11.4. The Hall–Kier alpha value is -2.44. The van der Waals surface area contributed by atoms with Crippen molar-refractivity contribution in [3.8, 4) is 0 Å². The largest absolute Gasteiger partial charge is 0.481 e. The third-order valence-corrected chi connectivity index (χ3v) is 3.69. The number of nitro benzene ring substituents is 1. The van der Waals surface area contributed by atoms with Crippen molar-refractivity contribution in [3.05, 3.63) is 39.9 Å². The number of carbonyl (C=O) groups is 2. The van der Waals surface area contributed by atoms with E-state index in [2.05, 4.69) is 5.32 Å². The molecule has 21 heavy (non-hydrogen) atoms. The number of aliphatic carboxylic acids is 1. The van der Waals surface area contributed by atoms with Gasteiger partial charge in [-0.3, -0.25) is 19.7 Å². The van der Waals surface area contributed by atoms with Crippen LogP contribution in [0.1, 0.15) is 24.8 Å². The lowest BCUT2D eigenvalue weighted by atomic mass is 10.1. The maximum Gasteiger partial charge on any atom is 0.311 e. The molecule has 0 bridgehead atoms. The topological polar surface area (TPSA) is 110 Å². The van der Waals surface area contributed by atoms with E-state index < -0.39 is 16.3 Å². The van der Waals surface area contributed by atoms with Crippen LogP contribution in [0.3, 0.4) is 0 Å². The normalized spacial score (nSPS) is 15.2. The zero-order valence-electron chi connectivity index (χ0n) is 11.4. The number of nitrogens with zero attached hydrogens (tertiary/aromatic N) is 1. The Labute approximate surface area is 121 Å². The molecule has 0 aromatic heterocycles. The molecule has 0 unspecified atom stereocenters. The quantitative estimate of drug-likeness (QED) is 0.584. The summed E-state index contributed by atoms with van der Waals surface area (Å²) in [5, 5.41) is 22.3. The number of carbonyl (C=O) groups excluding carboxylic acids is 1. The minimum Gasteiger partial charge on any atom is -0.481 e. The maximum atomic E-state index is 11.7. The fraction of sp³-hybridized carbons (Fsp3) is 0.429. The molecule has 1 amide bonds. The standard InChI is InChI=1S/C14H16N2O5/c17-12(15-9-14(6-7-14)13(18)19)5-4-10-2-1-3-11(8-10)16(20)21/h1-3,8H,4-7,9H2,(H,15,17)(H,18,19). The Morgan fingerprint density at radius 2 is 2.10 bits per heavy atom. The fourth-order valence-electron chi connectivity index (χ4n) is 2.06. The molecule has 1 fully saturated rings. The van der Waals surface area contributed by atoms with Gasteiger partial charge in [0.25, 0.3) is 5.69 Å². The minimum absolute atomic E-state index is 0.00396. The highest BCUT2D eigenvalue weighted by atomic mass is 16.6. The molecule has 0 aliphatic heterocycles. The average Bonchev–Trinajstić information content (AvgIpc) is 3.24. The molecular weight excluding hydrogens is 276 g/mol. The fourth-order valence-corrected chi connectivity index (χ4v) is 2.06. The molecule has 1 aliphatic carbocycles. The van der Waals surface area contributed by atoms with Gasteiger partial charge in [0, 0.05) is 25.1 Å². The van der Waals surface area contributed by atoms with Crippen LogP contribution in [-0.4, -0.2) is 28.5 Å². The lowest BCUT2D eigenvalue weighted by Gasteiger charge is -2.11. The molecule has 7 heteroatoms. The van der Waals surface area contributed by atoms with E-state index >= 15 is 0 Å². The van der Waals surface area contributed by atoms with E-state index in [0.29, 0.717) is 24.8 Å². The van der Waals surface area contributed by atoms with E-state index in [1.165, 1.54) is 12.1 Å². The van der Waals surface area contributed by atoms with Gasteiger partial charge in [0.2, 0.25) is 5.91 Å². The first-order valence-electron chi connectivity index (χ1n) is 6.66. The Bertz CT molecular complexity index is 580. The minimum atomic E-state index is -0.874. The highest BCUT2D eigenvalue weighted by Crippen LogP contribution is 2.45. The van der Waals surface area contributed by atoms with Crippen LogP contribution in [0, 0.1) is 15.5 Å². The van der Waals surface area contributed by atoms with Gasteiger partial charge in [-0.1, -0.05) is 12.1 Å². The van der Waals surface area contributed by atoms with E-state index in [1.807, 2.05) is 0 Å². The van der Waals surface area contributed by atoms with Crippen LogP contribution < -0.4 is 5.32 Å². The lowest BCUT2D eigenvalue weighted by Crippen LogP contribution is -2.34. The van der Waals surface area contributed by atoms with E-state index in [1.54, 1.807) is 12.1 Å². The summed E-state index contributed by atoms with van der Waals surface area (Å²) >= 11 is 0. The molecule has 0 saturated heterocycles. The van der Waals surface area contributed by atoms with E-state index in [0.717, 1.165) is 0 Å². The van der Waals surface area contributed by atoms with E-state index in [4.69, 9.17) is 5.11 Å². The first-order chi connectivity index (χ1) is 9.93. The summed E-state index contributed by atoms with van der Waals surface area (Å²) in [5.41, 5.74) is -0.0734. The second-order valence-corrected chi connectivity index (χ2v) is 5.29. The summed E-state index contributed by atoms with van der Waals surface area (Å²) in [6.45, 7) is 0.149. The van der Waals surface area contributed by atoms with Crippen molar-refractivity contribution in [1.82, 2.24) is 5.32 Å². The number of non-ortho nitro benzene ring substituents is 1. The monoisotopic (exact) mass is 292 g/mol. The summed E-state index contributed by atoms with van der Waals surface area (Å²) in [6, 6.07) is 6.13. The van der Waals surface area contributed by atoms with E-state index in [-0.39, 0.29) is 24.6 Å². The summed E-state index contributed by atoms with van der Waals surface area (Å²) < 4.78 is 0. The zero-order chi connectivity index (χ0) is 15.5. The van der Waals surface area contributed by atoms with Gasteiger partial charge in [-0.15, -0.1) is 0 Å². The highest BCUT2D eigenvalue weighted by molar-refractivity contribution is 5.81. The van der Waals surface area contributed by atoms with Crippen LogP contribution in [0.5, 0.6) is 0 Å². The number of carboxylic acids is 1. The van der Waals surface area contributed by atoms with Crippen molar-refractivity contribution in [2.24, 2.45) is 5.41 Å². The van der Waals surface area contributed by atoms with Gasteiger partial charge in [-0.2, -0.15) is 0 Å². The third kappa shape index (κ3) is 3.77. The van der Waals surface area contributed by atoms with Crippen LogP contribution in [0.2, 0.25) is 0 Å². The molecule has 1 aromatic rings. The second kappa shape index (κ2) is 5.90. The van der Waals surface area contributed by atoms with Crippen LogP contribution in [0.15, 0.2) is 24.3 Å². The van der Waals surface area contributed by atoms with Crippen LogP contribution in [-0.2, 0) is 16.0 Å². The van der Waals surface area contributed by atoms with Crippen LogP contribution >= 0.6 is 0 Å². The molecule has 2 rings (SSSR count). The maximum absolute atomic E-state index is 11.7. The first-order valence-corrected chi connectivity index (χ1v) is 6.66. The number of carboxylic acid groups (broad SMARTS) is 1. The van der Waals surface area contributed by atoms with Gasteiger partial charge >= 0.3 is 5.97 Å². The summed E-state index contributed by atoms with van der Waals surface area (Å²) in [4.78, 5) is 32.8. The predicted octanol–water partition coefficient (Wildman–Crippen LogP) is 1.51. The van der Waals surface area contributed by atoms with Gasteiger partial charge in [0.05, 0.1) is 10.3 Å². The van der Waals surface area contributed by atoms with Crippen molar-refractivity contribution in [3.63, 3.8) is 0 Å². The molecule has 7 nitrogen and oxygen atoms in total.